The van der Waals surface area contributed by atoms with Crippen LogP contribution < -0.4 is 10.1 Å². The molecule has 0 spiro atoms. The van der Waals surface area contributed by atoms with E-state index in [0.29, 0.717) is 23.6 Å². The molecule has 2 atom stereocenters. The third kappa shape index (κ3) is 4.81. The van der Waals surface area contributed by atoms with Crippen molar-refractivity contribution in [1.82, 2.24) is 9.55 Å². The third-order valence-corrected chi connectivity index (χ3v) is 5.99. The molecule has 3 aromatic rings. The van der Waals surface area contributed by atoms with Gasteiger partial charge in [-0.3, -0.25) is 0 Å². The summed E-state index contributed by atoms with van der Waals surface area (Å²) in [6.07, 6.45) is -1.40. The van der Waals surface area contributed by atoms with Gasteiger partial charge in [0.15, 0.2) is 0 Å². The SMILES string of the molecule is Cc1cccc2c1nc(Nc1ccc(OC(F)(F)F)cc1)n2C1CC(C)CC(C)(C)C1. The zero-order valence-electron chi connectivity index (χ0n) is 18.3. The fourth-order valence-electron chi connectivity index (χ4n) is 5.08. The van der Waals surface area contributed by atoms with Crippen molar-refractivity contribution in [3.63, 3.8) is 0 Å². The number of aryl methyl sites for hydroxylation is 1. The van der Waals surface area contributed by atoms with Crippen LogP contribution in [0.1, 0.15) is 51.6 Å². The van der Waals surface area contributed by atoms with Crippen molar-refractivity contribution < 1.29 is 17.9 Å². The van der Waals surface area contributed by atoms with Crippen LogP contribution in [0, 0.1) is 18.3 Å². The van der Waals surface area contributed by atoms with E-state index in [-0.39, 0.29) is 11.2 Å². The molecule has 0 saturated heterocycles. The van der Waals surface area contributed by atoms with E-state index >= 15 is 0 Å². The average Bonchev–Trinajstić information content (AvgIpc) is 3.00. The fraction of sp³-hybridized carbons (Fsp3) is 0.458. The molecule has 2 unspecified atom stereocenters. The molecule has 31 heavy (non-hydrogen) atoms. The Hall–Kier alpha value is -2.70. The molecule has 2 aromatic carbocycles. The molecule has 7 heteroatoms. The molecule has 0 aliphatic heterocycles. The van der Waals surface area contributed by atoms with E-state index in [9.17, 15) is 13.2 Å². The number of para-hydroxylation sites is 1. The van der Waals surface area contributed by atoms with Crippen LogP contribution in [-0.2, 0) is 0 Å². The van der Waals surface area contributed by atoms with E-state index in [4.69, 9.17) is 4.98 Å². The van der Waals surface area contributed by atoms with Gasteiger partial charge in [-0.2, -0.15) is 0 Å². The van der Waals surface area contributed by atoms with Gasteiger partial charge in [-0.1, -0.05) is 32.9 Å². The molecule has 1 heterocycles. The molecule has 1 fully saturated rings. The maximum absolute atomic E-state index is 12.4. The summed E-state index contributed by atoms with van der Waals surface area (Å²) in [6, 6.07) is 12.2. The number of aromatic nitrogens is 2. The number of alkyl halides is 3. The molecular formula is C24H28F3N3O. The number of halogens is 3. The summed E-state index contributed by atoms with van der Waals surface area (Å²) in [5.41, 5.74) is 4.01. The number of benzene rings is 2. The van der Waals surface area contributed by atoms with Crippen molar-refractivity contribution in [1.29, 1.82) is 0 Å². The predicted octanol–water partition coefficient (Wildman–Crippen LogP) is 7.37. The molecule has 4 rings (SSSR count). The first-order valence-electron chi connectivity index (χ1n) is 10.6. The van der Waals surface area contributed by atoms with E-state index in [1.54, 1.807) is 12.1 Å². The number of imidazole rings is 1. The molecule has 1 aromatic heterocycles. The molecular weight excluding hydrogens is 403 g/mol. The van der Waals surface area contributed by atoms with Crippen molar-refractivity contribution in [3.8, 4) is 5.75 Å². The topological polar surface area (TPSA) is 39.1 Å². The van der Waals surface area contributed by atoms with Gasteiger partial charge in [0.1, 0.15) is 5.75 Å². The molecule has 0 radical (unpaired) electrons. The number of hydrogen-bond acceptors (Lipinski definition) is 3. The van der Waals surface area contributed by atoms with Gasteiger partial charge in [0.05, 0.1) is 11.0 Å². The zero-order chi connectivity index (χ0) is 22.4. The lowest BCUT2D eigenvalue weighted by Gasteiger charge is -2.40. The summed E-state index contributed by atoms with van der Waals surface area (Å²) in [4.78, 5) is 4.88. The predicted molar refractivity (Wildman–Crippen MR) is 117 cm³/mol. The summed E-state index contributed by atoms with van der Waals surface area (Å²) in [5.74, 6) is 1.07. The number of nitrogens with zero attached hydrogens (tertiary/aromatic N) is 2. The lowest BCUT2D eigenvalue weighted by Crippen LogP contribution is -2.29. The first-order chi connectivity index (χ1) is 14.5. The Kier molecular flexibility index (Phi) is 5.40. The lowest BCUT2D eigenvalue weighted by molar-refractivity contribution is -0.274. The largest absolute Gasteiger partial charge is 0.573 e. The molecule has 1 saturated carbocycles. The second-order valence-electron chi connectivity index (χ2n) is 9.51. The van der Waals surface area contributed by atoms with Crippen LogP contribution in [0.5, 0.6) is 5.75 Å². The van der Waals surface area contributed by atoms with Gasteiger partial charge in [-0.15, -0.1) is 13.2 Å². The summed E-state index contributed by atoms with van der Waals surface area (Å²) >= 11 is 0. The maximum atomic E-state index is 12.4. The minimum absolute atomic E-state index is 0.233. The van der Waals surface area contributed by atoms with Gasteiger partial charge in [0, 0.05) is 11.7 Å². The Balaban J connectivity index is 1.71. The number of nitrogens with one attached hydrogen (secondary N) is 1. The van der Waals surface area contributed by atoms with Crippen molar-refractivity contribution in [2.45, 2.75) is 59.4 Å². The van der Waals surface area contributed by atoms with Crippen LogP contribution in [0.2, 0.25) is 0 Å². The van der Waals surface area contributed by atoms with Crippen LogP contribution in [0.25, 0.3) is 11.0 Å². The van der Waals surface area contributed by atoms with Crippen molar-refractivity contribution >= 4 is 22.7 Å². The zero-order valence-corrected chi connectivity index (χ0v) is 18.3. The maximum Gasteiger partial charge on any atom is 0.573 e. The Bertz CT molecular complexity index is 1070. The second kappa shape index (κ2) is 7.77. The van der Waals surface area contributed by atoms with Crippen molar-refractivity contribution in [2.75, 3.05) is 5.32 Å². The monoisotopic (exact) mass is 431 g/mol. The Morgan fingerprint density at radius 1 is 1.10 bits per heavy atom. The first-order valence-corrected chi connectivity index (χ1v) is 10.6. The number of anilines is 2. The smallest absolute Gasteiger partial charge is 0.406 e. The summed E-state index contributed by atoms with van der Waals surface area (Å²) in [7, 11) is 0. The highest BCUT2D eigenvalue weighted by Crippen LogP contribution is 2.46. The van der Waals surface area contributed by atoms with Gasteiger partial charge >= 0.3 is 6.36 Å². The van der Waals surface area contributed by atoms with Gasteiger partial charge in [0.2, 0.25) is 5.95 Å². The first kappa shape index (κ1) is 21.5. The average molecular weight is 432 g/mol. The molecule has 4 nitrogen and oxygen atoms in total. The van der Waals surface area contributed by atoms with Crippen LogP contribution >= 0.6 is 0 Å². The molecule has 1 aliphatic rings. The van der Waals surface area contributed by atoms with E-state index in [1.807, 2.05) is 19.1 Å². The Labute approximate surface area is 180 Å². The number of ether oxygens (including phenoxy) is 1. The molecule has 0 amide bonds. The standard InChI is InChI=1S/C24H28F3N3O/c1-15-12-18(14-23(3,4)13-15)30-20-7-5-6-16(2)21(20)29-22(30)28-17-8-10-19(11-9-17)31-24(25,26)27/h5-11,15,18H,12-14H2,1-4H3,(H,28,29). The highest BCUT2D eigenvalue weighted by Gasteiger charge is 2.35. The van der Waals surface area contributed by atoms with Crippen molar-refractivity contribution in [2.24, 2.45) is 11.3 Å². The van der Waals surface area contributed by atoms with Crippen molar-refractivity contribution in [3.05, 3.63) is 48.0 Å². The van der Waals surface area contributed by atoms with Gasteiger partial charge in [0.25, 0.3) is 0 Å². The summed E-state index contributed by atoms with van der Waals surface area (Å²) in [6.45, 7) is 8.96. The third-order valence-electron chi connectivity index (χ3n) is 5.99. The lowest BCUT2D eigenvalue weighted by atomic mass is 9.70. The van der Waals surface area contributed by atoms with E-state index in [1.165, 1.54) is 18.6 Å². The van der Waals surface area contributed by atoms with Gasteiger partial charge in [-0.05, 0) is 73.4 Å². The van der Waals surface area contributed by atoms with E-state index in [0.717, 1.165) is 29.4 Å². The van der Waals surface area contributed by atoms with Gasteiger partial charge < -0.3 is 14.6 Å². The van der Waals surface area contributed by atoms with E-state index in [2.05, 4.69) is 41.5 Å². The highest BCUT2D eigenvalue weighted by atomic mass is 19.4. The molecule has 166 valence electrons. The van der Waals surface area contributed by atoms with Gasteiger partial charge in [-0.25, -0.2) is 4.98 Å². The molecule has 1 N–H and O–H groups in total. The quantitative estimate of drug-likeness (QED) is 0.469. The minimum atomic E-state index is -4.70. The normalized spacial score (nSPS) is 21.3. The van der Waals surface area contributed by atoms with Crippen LogP contribution in [-0.4, -0.2) is 15.9 Å². The summed E-state index contributed by atoms with van der Waals surface area (Å²) in [5, 5.41) is 3.33. The highest BCUT2D eigenvalue weighted by molar-refractivity contribution is 5.83. The van der Waals surface area contributed by atoms with Crippen LogP contribution in [0.4, 0.5) is 24.8 Å². The summed E-state index contributed by atoms with van der Waals surface area (Å²) < 4.78 is 43.6. The van der Waals surface area contributed by atoms with Crippen LogP contribution in [0.3, 0.4) is 0 Å². The number of hydrogen-bond donors (Lipinski definition) is 1. The molecule has 0 bridgehead atoms. The second-order valence-corrected chi connectivity index (χ2v) is 9.51. The minimum Gasteiger partial charge on any atom is -0.406 e. The molecule has 1 aliphatic carbocycles. The van der Waals surface area contributed by atoms with Crippen LogP contribution in [0.15, 0.2) is 42.5 Å². The number of fused-ring (bicyclic) bond motifs is 1. The number of rotatable bonds is 4. The fourth-order valence-corrected chi connectivity index (χ4v) is 5.08. The Morgan fingerprint density at radius 2 is 1.81 bits per heavy atom. The Morgan fingerprint density at radius 3 is 2.45 bits per heavy atom. The van der Waals surface area contributed by atoms with E-state index < -0.39 is 6.36 Å².